The molecule has 0 spiro atoms. The summed E-state index contributed by atoms with van der Waals surface area (Å²) in [6.07, 6.45) is 3.27. The number of imide groups is 2. The lowest BCUT2D eigenvalue weighted by Crippen LogP contribution is -2.54. The summed E-state index contributed by atoms with van der Waals surface area (Å²) in [5.41, 5.74) is 7.33. The third kappa shape index (κ3) is 6.71. The van der Waals surface area contributed by atoms with E-state index in [4.69, 9.17) is 21.1 Å². The van der Waals surface area contributed by atoms with Crippen LogP contribution in [0.5, 0.6) is 11.5 Å². The Balaban J connectivity index is 1.18. The number of anilines is 2. The van der Waals surface area contributed by atoms with Crippen molar-refractivity contribution < 1.29 is 23.9 Å². The zero-order valence-corrected chi connectivity index (χ0v) is 31.2. The minimum Gasteiger partial charge on any atom is -0.493 e. The number of benzene rings is 5. The standard InChI is InChI=1S/C43H35BrClN3O5/c1-52-38-22-27(21-37(44)40(38)53-25-26-12-14-30(45)15-13-26)20-36-41(49)46-43(51)48(42(36)50)31-23-34-32(28-8-4-2-5-9-28)16-18-47-19-17-33(35(24-31)39(34)47)29-10-6-3-7-11-29/h2-15,20-24,32-33H,16-19,25H2,1H3,(H,46,49,51)/b36-20+/t32-,33-/m0/s1. The fourth-order valence-electron chi connectivity index (χ4n) is 7.73. The first-order valence-corrected chi connectivity index (χ1v) is 18.6. The second-order valence-electron chi connectivity index (χ2n) is 13.4. The van der Waals surface area contributed by atoms with Crippen molar-refractivity contribution in [1.29, 1.82) is 0 Å². The maximum atomic E-state index is 14.4. The molecule has 0 radical (unpaired) electrons. The third-order valence-corrected chi connectivity index (χ3v) is 11.1. The average molecular weight is 789 g/mol. The Morgan fingerprint density at radius 1 is 0.830 bits per heavy atom. The van der Waals surface area contributed by atoms with Gasteiger partial charge < -0.3 is 14.4 Å². The van der Waals surface area contributed by atoms with Crippen molar-refractivity contribution in [2.45, 2.75) is 31.3 Å². The van der Waals surface area contributed by atoms with Gasteiger partial charge in [0.15, 0.2) is 11.5 Å². The maximum absolute atomic E-state index is 14.4. The molecular weight excluding hydrogens is 754 g/mol. The summed E-state index contributed by atoms with van der Waals surface area (Å²) >= 11 is 9.61. The van der Waals surface area contributed by atoms with Crippen LogP contribution in [0, 0.1) is 0 Å². The first kappa shape index (κ1) is 34.7. The van der Waals surface area contributed by atoms with E-state index in [2.05, 4.69) is 50.4 Å². The molecule has 5 aromatic rings. The van der Waals surface area contributed by atoms with E-state index in [0.717, 1.165) is 47.5 Å². The fraction of sp³-hybridized carbons (Fsp3) is 0.186. The van der Waals surface area contributed by atoms with E-state index in [0.29, 0.717) is 32.2 Å². The van der Waals surface area contributed by atoms with E-state index in [1.165, 1.54) is 30.0 Å². The van der Waals surface area contributed by atoms with Crippen molar-refractivity contribution in [2.75, 3.05) is 30.0 Å². The summed E-state index contributed by atoms with van der Waals surface area (Å²) < 4.78 is 12.3. The Morgan fingerprint density at radius 3 is 2.02 bits per heavy atom. The number of barbiturate groups is 1. The van der Waals surface area contributed by atoms with Crippen LogP contribution in [0.3, 0.4) is 0 Å². The predicted octanol–water partition coefficient (Wildman–Crippen LogP) is 9.23. The quantitative estimate of drug-likeness (QED) is 0.125. The average Bonchev–Trinajstić information content (AvgIpc) is 3.17. The van der Waals surface area contributed by atoms with Gasteiger partial charge in [-0.15, -0.1) is 0 Å². The molecule has 0 unspecified atom stereocenters. The Labute approximate surface area is 321 Å². The summed E-state index contributed by atoms with van der Waals surface area (Å²) in [4.78, 5) is 44.9. The molecular formula is C43H35BrClN3O5. The molecule has 8 rings (SSSR count). The summed E-state index contributed by atoms with van der Waals surface area (Å²) in [6, 6.07) is 34.6. The number of rotatable bonds is 8. The summed E-state index contributed by atoms with van der Waals surface area (Å²) in [5, 5.41) is 3.05. The largest absolute Gasteiger partial charge is 0.493 e. The van der Waals surface area contributed by atoms with Gasteiger partial charge in [-0.1, -0.05) is 84.4 Å². The van der Waals surface area contributed by atoms with Crippen LogP contribution in [0.4, 0.5) is 16.2 Å². The van der Waals surface area contributed by atoms with Crippen LogP contribution in [0.2, 0.25) is 5.02 Å². The molecule has 0 bridgehead atoms. The summed E-state index contributed by atoms with van der Waals surface area (Å²) in [7, 11) is 1.52. The lowest BCUT2D eigenvalue weighted by molar-refractivity contribution is -0.122. The van der Waals surface area contributed by atoms with Crippen LogP contribution in [0.25, 0.3) is 6.08 Å². The van der Waals surface area contributed by atoms with Gasteiger partial charge in [0, 0.05) is 35.6 Å². The molecule has 8 nitrogen and oxygen atoms in total. The maximum Gasteiger partial charge on any atom is 0.335 e. The third-order valence-electron chi connectivity index (χ3n) is 10.2. The molecule has 3 aliphatic heterocycles. The van der Waals surface area contributed by atoms with Crippen LogP contribution in [0.15, 0.2) is 119 Å². The van der Waals surface area contributed by atoms with Gasteiger partial charge in [-0.05, 0) is 105 Å². The van der Waals surface area contributed by atoms with E-state index in [-0.39, 0.29) is 24.0 Å². The van der Waals surface area contributed by atoms with Crippen LogP contribution in [0.1, 0.15) is 58.1 Å². The minimum absolute atomic E-state index is 0.0699. The van der Waals surface area contributed by atoms with E-state index in [9.17, 15) is 14.4 Å². The molecule has 0 saturated carbocycles. The van der Waals surface area contributed by atoms with Crippen molar-refractivity contribution in [2.24, 2.45) is 0 Å². The van der Waals surface area contributed by atoms with Crippen LogP contribution in [-0.4, -0.2) is 38.0 Å². The molecule has 10 heteroatoms. The van der Waals surface area contributed by atoms with Crippen LogP contribution >= 0.6 is 27.5 Å². The van der Waals surface area contributed by atoms with E-state index in [1.54, 1.807) is 24.3 Å². The predicted molar refractivity (Wildman–Crippen MR) is 210 cm³/mol. The molecule has 1 fully saturated rings. The number of nitrogens with zero attached hydrogens (tertiary/aromatic N) is 2. The van der Waals surface area contributed by atoms with Crippen molar-refractivity contribution in [3.8, 4) is 11.5 Å². The molecule has 3 heterocycles. The van der Waals surface area contributed by atoms with E-state index >= 15 is 0 Å². The van der Waals surface area contributed by atoms with Gasteiger partial charge in [-0.3, -0.25) is 14.9 Å². The number of amides is 4. The highest BCUT2D eigenvalue weighted by atomic mass is 79.9. The molecule has 1 N–H and O–H groups in total. The summed E-state index contributed by atoms with van der Waals surface area (Å²) in [6.45, 7) is 2.09. The van der Waals surface area contributed by atoms with Crippen molar-refractivity contribution in [3.05, 3.63) is 158 Å². The topological polar surface area (TPSA) is 88.2 Å². The fourth-order valence-corrected chi connectivity index (χ4v) is 8.43. The highest BCUT2D eigenvalue weighted by Gasteiger charge is 2.40. The minimum atomic E-state index is -0.787. The van der Waals surface area contributed by atoms with E-state index < -0.39 is 17.8 Å². The second-order valence-corrected chi connectivity index (χ2v) is 14.7. The molecule has 0 aliphatic carbocycles. The molecule has 2 atom stereocenters. The first-order valence-electron chi connectivity index (χ1n) is 17.5. The number of nitrogens with one attached hydrogen (secondary N) is 1. The Hall–Kier alpha value is -5.38. The SMILES string of the molecule is COc1cc(/C=C2\C(=O)NC(=O)N(c3cc4c5c(c3)[C@H](c3ccccc3)CCN5CC[C@H]4c3ccccc3)C2=O)cc(Br)c1OCc1ccc(Cl)cc1. The molecule has 0 aromatic heterocycles. The molecule has 5 aromatic carbocycles. The Kier molecular flexibility index (Phi) is 9.53. The molecule has 3 aliphatic rings. The van der Waals surface area contributed by atoms with Gasteiger partial charge in [0.1, 0.15) is 12.2 Å². The van der Waals surface area contributed by atoms with E-state index in [1.807, 2.05) is 60.7 Å². The first-order chi connectivity index (χ1) is 25.8. The van der Waals surface area contributed by atoms with Gasteiger partial charge in [0.2, 0.25) is 0 Å². The van der Waals surface area contributed by atoms with Gasteiger partial charge in [0.25, 0.3) is 11.8 Å². The van der Waals surface area contributed by atoms with Crippen LogP contribution in [-0.2, 0) is 16.2 Å². The van der Waals surface area contributed by atoms with Gasteiger partial charge in [-0.25, -0.2) is 9.69 Å². The normalized spacial score (nSPS) is 18.8. The number of halogens is 2. The number of carbonyl (C=O) groups is 3. The van der Waals surface area contributed by atoms with Crippen LogP contribution < -0.4 is 24.6 Å². The second kappa shape index (κ2) is 14.6. The van der Waals surface area contributed by atoms with Crippen molar-refractivity contribution >= 4 is 62.8 Å². The number of urea groups is 1. The highest BCUT2D eigenvalue weighted by molar-refractivity contribution is 9.10. The molecule has 4 amide bonds. The zero-order valence-electron chi connectivity index (χ0n) is 28.9. The smallest absolute Gasteiger partial charge is 0.335 e. The highest BCUT2D eigenvalue weighted by Crippen LogP contribution is 2.50. The number of methoxy groups -OCH3 is 1. The zero-order chi connectivity index (χ0) is 36.6. The number of hydrogen-bond donors (Lipinski definition) is 1. The lowest BCUT2D eigenvalue weighted by Gasteiger charge is -2.44. The monoisotopic (exact) mass is 787 g/mol. The van der Waals surface area contributed by atoms with Gasteiger partial charge in [0.05, 0.1) is 17.3 Å². The summed E-state index contributed by atoms with van der Waals surface area (Å²) in [5.74, 6) is -0.488. The Bertz CT molecular complexity index is 2190. The van der Waals surface area contributed by atoms with Gasteiger partial charge >= 0.3 is 6.03 Å². The van der Waals surface area contributed by atoms with Crippen molar-refractivity contribution in [3.63, 3.8) is 0 Å². The molecule has 1 saturated heterocycles. The molecule has 53 heavy (non-hydrogen) atoms. The van der Waals surface area contributed by atoms with Gasteiger partial charge in [-0.2, -0.15) is 0 Å². The molecule has 266 valence electrons. The lowest BCUT2D eigenvalue weighted by atomic mass is 9.76. The number of hydrogen-bond acceptors (Lipinski definition) is 6. The number of ether oxygens (including phenoxy) is 2. The van der Waals surface area contributed by atoms with Crippen molar-refractivity contribution in [1.82, 2.24) is 5.32 Å². The Morgan fingerprint density at radius 2 is 1.43 bits per heavy atom. The number of carbonyl (C=O) groups excluding carboxylic acids is 3.